The Morgan fingerprint density at radius 2 is 1.53 bits per heavy atom. The molecule has 0 fully saturated rings. The van der Waals surface area contributed by atoms with E-state index in [1.54, 1.807) is 0 Å². The van der Waals surface area contributed by atoms with E-state index in [0.717, 1.165) is 6.54 Å². The fourth-order valence-corrected chi connectivity index (χ4v) is 1.59. The van der Waals surface area contributed by atoms with Crippen LogP contribution in [0.2, 0.25) is 0 Å². The molecule has 2 nitrogen and oxygen atoms in total. The molecular weight excluding hydrogens is 184 g/mol. The molecule has 0 aliphatic rings. The van der Waals surface area contributed by atoms with Gasteiger partial charge in [-0.25, -0.2) is 5.01 Å². The van der Waals surface area contributed by atoms with Crippen LogP contribution in [-0.4, -0.2) is 10.5 Å². The molecule has 0 unspecified atom stereocenters. The Balaban J connectivity index is 2.81. The zero-order valence-electron chi connectivity index (χ0n) is 10.5. The molecule has 0 aliphatic carbocycles. The summed E-state index contributed by atoms with van der Waals surface area (Å²) in [5.41, 5.74) is 3.89. The van der Waals surface area contributed by atoms with E-state index in [-0.39, 0.29) is 5.54 Å². The number of rotatable bonds is 2. The third kappa shape index (κ3) is 3.65. The summed E-state index contributed by atoms with van der Waals surface area (Å²) in [6.45, 7) is 11.4. The number of benzene rings is 1. The Hall–Kier alpha value is -0.860. The van der Waals surface area contributed by atoms with Gasteiger partial charge in [-0.1, -0.05) is 29.3 Å². The Morgan fingerprint density at radius 1 is 1.07 bits per heavy atom. The van der Waals surface area contributed by atoms with Crippen LogP contribution in [0.1, 0.15) is 37.5 Å². The van der Waals surface area contributed by atoms with Crippen LogP contribution in [0.5, 0.6) is 0 Å². The lowest BCUT2D eigenvalue weighted by Crippen LogP contribution is -2.45. The second-order valence-corrected chi connectivity index (χ2v) is 5.29. The zero-order chi connectivity index (χ0) is 11.6. The fourth-order valence-electron chi connectivity index (χ4n) is 1.59. The molecule has 0 spiro atoms. The molecule has 0 aromatic heterocycles. The van der Waals surface area contributed by atoms with Crippen molar-refractivity contribution in [2.75, 3.05) is 0 Å². The maximum absolute atomic E-state index is 6.02. The van der Waals surface area contributed by atoms with Crippen molar-refractivity contribution in [3.05, 3.63) is 34.9 Å². The highest BCUT2D eigenvalue weighted by atomic mass is 15.4. The van der Waals surface area contributed by atoms with Crippen LogP contribution in [-0.2, 0) is 6.54 Å². The van der Waals surface area contributed by atoms with Crippen molar-refractivity contribution in [2.45, 2.75) is 46.7 Å². The Labute approximate surface area is 93.1 Å². The van der Waals surface area contributed by atoms with E-state index in [1.165, 1.54) is 16.7 Å². The highest BCUT2D eigenvalue weighted by Gasteiger charge is 2.17. The maximum Gasteiger partial charge on any atom is 0.0385 e. The summed E-state index contributed by atoms with van der Waals surface area (Å²) in [4.78, 5) is 0. The number of hydrogen-bond acceptors (Lipinski definition) is 2. The van der Waals surface area contributed by atoms with Gasteiger partial charge in [-0.2, -0.15) is 0 Å². The molecule has 2 N–H and O–H groups in total. The molecule has 1 aromatic rings. The van der Waals surface area contributed by atoms with Crippen molar-refractivity contribution < 1.29 is 0 Å². The largest absolute Gasteiger partial charge is 0.268 e. The average Bonchev–Trinajstić information content (AvgIpc) is 1.99. The van der Waals surface area contributed by atoms with E-state index in [1.807, 2.05) is 5.01 Å². The molecular formula is C13H22N2. The quantitative estimate of drug-likeness (QED) is 0.595. The van der Waals surface area contributed by atoms with Crippen LogP contribution in [0.15, 0.2) is 18.2 Å². The van der Waals surface area contributed by atoms with E-state index >= 15 is 0 Å². The van der Waals surface area contributed by atoms with Gasteiger partial charge < -0.3 is 0 Å². The van der Waals surface area contributed by atoms with Gasteiger partial charge in [-0.15, -0.1) is 0 Å². The predicted octanol–water partition coefficient (Wildman–Crippen LogP) is 2.78. The molecule has 0 atom stereocenters. The van der Waals surface area contributed by atoms with Crippen molar-refractivity contribution in [1.82, 2.24) is 5.01 Å². The zero-order valence-corrected chi connectivity index (χ0v) is 10.5. The molecule has 15 heavy (non-hydrogen) atoms. The lowest BCUT2D eigenvalue weighted by molar-refractivity contribution is 0.129. The average molecular weight is 206 g/mol. The molecule has 0 saturated heterocycles. The normalized spacial score (nSPS) is 12.2. The monoisotopic (exact) mass is 206 g/mol. The number of nitrogens with zero attached hydrogens (tertiary/aromatic N) is 1. The third-order valence-electron chi connectivity index (χ3n) is 2.50. The highest BCUT2D eigenvalue weighted by molar-refractivity contribution is 5.28. The van der Waals surface area contributed by atoms with E-state index in [0.29, 0.717) is 0 Å². The Bertz CT molecular complexity index is 317. The minimum atomic E-state index is 0.0116. The molecule has 0 amide bonds. The molecule has 0 bridgehead atoms. The Morgan fingerprint density at radius 3 is 1.93 bits per heavy atom. The summed E-state index contributed by atoms with van der Waals surface area (Å²) >= 11 is 0. The van der Waals surface area contributed by atoms with E-state index in [4.69, 9.17) is 5.84 Å². The van der Waals surface area contributed by atoms with Gasteiger partial charge >= 0.3 is 0 Å². The first-order valence-electron chi connectivity index (χ1n) is 5.38. The maximum atomic E-state index is 6.02. The summed E-state index contributed by atoms with van der Waals surface area (Å²) in [5, 5.41) is 1.88. The first kappa shape index (κ1) is 12.2. The first-order chi connectivity index (χ1) is 6.79. The van der Waals surface area contributed by atoms with Crippen LogP contribution < -0.4 is 5.84 Å². The topological polar surface area (TPSA) is 29.3 Å². The minimum Gasteiger partial charge on any atom is -0.268 e. The Kier molecular flexibility index (Phi) is 3.53. The molecule has 0 saturated carbocycles. The van der Waals surface area contributed by atoms with Crippen molar-refractivity contribution in [3.63, 3.8) is 0 Å². The molecule has 0 heterocycles. The predicted molar refractivity (Wildman–Crippen MR) is 65.4 cm³/mol. The second kappa shape index (κ2) is 4.33. The van der Waals surface area contributed by atoms with Gasteiger partial charge in [0.15, 0.2) is 0 Å². The van der Waals surface area contributed by atoms with Crippen molar-refractivity contribution in [2.24, 2.45) is 5.84 Å². The molecule has 2 heteroatoms. The summed E-state index contributed by atoms with van der Waals surface area (Å²) in [7, 11) is 0. The standard InChI is InChI=1S/C13H22N2/c1-10-6-11(2)8-12(7-10)9-15(14)13(3,4)5/h6-8H,9,14H2,1-5H3. The van der Waals surface area contributed by atoms with Gasteiger partial charge in [0.2, 0.25) is 0 Å². The van der Waals surface area contributed by atoms with Crippen LogP contribution in [0.4, 0.5) is 0 Å². The van der Waals surface area contributed by atoms with Crippen LogP contribution in [0, 0.1) is 13.8 Å². The van der Waals surface area contributed by atoms with Gasteiger partial charge in [0.25, 0.3) is 0 Å². The third-order valence-corrected chi connectivity index (χ3v) is 2.50. The van der Waals surface area contributed by atoms with Gasteiger partial charge in [0, 0.05) is 12.1 Å². The van der Waals surface area contributed by atoms with Gasteiger partial charge in [0.1, 0.15) is 0 Å². The summed E-state index contributed by atoms with van der Waals surface area (Å²) < 4.78 is 0. The van der Waals surface area contributed by atoms with Crippen molar-refractivity contribution in [3.8, 4) is 0 Å². The van der Waals surface area contributed by atoms with E-state index in [9.17, 15) is 0 Å². The lowest BCUT2D eigenvalue weighted by atomic mass is 10.0. The molecule has 1 aromatic carbocycles. The summed E-state index contributed by atoms with van der Waals surface area (Å²) in [6.07, 6.45) is 0. The molecule has 0 radical (unpaired) electrons. The van der Waals surface area contributed by atoms with Crippen molar-refractivity contribution >= 4 is 0 Å². The van der Waals surface area contributed by atoms with E-state index < -0.39 is 0 Å². The first-order valence-corrected chi connectivity index (χ1v) is 5.38. The molecule has 1 rings (SSSR count). The van der Waals surface area contributed by atoms with Crippen molar-refractivity contribution in [1.29, 1.82) is 0 Å². The van der Waals surface area contributed by atoms with Gasteiger partial charge in [-0.05, 0) is 40.2 Å². The number of hydrogen-bond donors (Lipinski definition) is 1. The molecule has 84 valence electrons. The van der Waals surface area contributed by atoms with Crippen LogP contribution in [0.3, 0.4) is 0 Å². The lowest BCUT2D eigenvalue weighted by Gasteiger charge is -2.31. The minimum absolute atomic E-state index is 0.0116. The van der Waals surface area contributed by atoms with Gasteiger partial charge in [-0.3, -0.25) is 5.84 Å². The smallest absolute Gasteiger partial charge is 0.0385 e. The summed E-state index contributed by atoms with van der Waals surface area (Å²) in [5.74, 6) is 6.02. The second-order valence-electron chi connectivity index (χ2n) is 5.29. The fraction of sp³-hybridized carbons (Fsp3) is 0.538. The van der Waals surface area contributed by atoms with Crippen LogP contribution in [0.25, 0.3) is 0 Å². The van der Waals surface area contributed by atoms with E-state index in [2.05, 4.69) is 52.8 Å². The SMILES string of the molecule is Cc1cc(C)cc(CN(N)C(C)(C)C)c1. The molecule has 0 aliphatic heterocycles. The number of hydrazine groups is 1. The number of nitrogens with two attached hydrogens (primary N) is 1. The van der Waals surface area contributed by atoms with Crippen LogP contribution >= 0.6 is 0 Å². The van der Waals surface area contributed by atoms with Gasteiger partial charge in [0.05, 0.1) is 0 Å². The summed E-state index contributed by atoms with van der Waals surface area (Å²) in [6, 6.07) is 6.57. The number of aryl methyl sites for hydroxylation is 2. The highest BCUT2D eigenvalue weighted by Crippen LogP contribution is 2.15.